The Morgan fingerprint density at radius 1 is 1.25 bits per heavy atom. The van der Waals surface area contributed by atoms with E-state index in [1.165, 1.54) is 31.4 Å². The molecule has 2 bridgehead atoms. The molecule has 3 unspecified atom stereocenters. The molecule has 1 aromatic carbocycles. The van der Waals surface area contributed by atoms with E-state index in [1.54, 1.807) is 0 Å². The molecule has 0 spiro atoms. The lowest BCUT2D eigenvalue weighted by molar-refractivity contribution is 0.282. The van der Waals surface area contributed by atoms with Gasteiger partial charge in [-0.3, -0.25) is 0 Å². The van der Waals surface area contributed by atoms with Crippen molar-refractivity contribution in [3.05, 3.63) is 29.8 Å². The van der Waals surface area contributed by atoms with Crippen molar-refractivity contribution in [1.29, 1.82) is 0 Å². The topological polar surface area (TPSA) is 32.3 Å². The zero-order chi connectivity index (χ0) is 11.0. The average molecular weight is 217 g/mol. The maximum Gasteiger partial charge on any atom is 0.0682 e. The molecule has 3 atom stereocenters. The van der Waals surface area contributed by atoms with Gasteiger partial charge in [-0.1, -0.05) is 18.6 Å². The number of nitrogens with one attached hydrogen (secondary N) is 1. The van der Waals surface area contributed by atoms with Crippen LogP contribution in [0.25, 0.3) is 0 Å². The molecule has 3 rings (SSSR count). The molecule has 16 heavy (non-hydrogen) atoms. The van der Waals surface area contributed by atoms with Crippen LogP contribution < -0.4 is 5.32 Å². The second kappa shape index (κ2) is 4.10. The predicted octanol–water partition coefficient (Wildman–Crippen LogP) is 2.78. The first kappa shape index (κ1) is 10.2. The van der Waals surface area contributed by atoms with E-state index >= 15 is 0 Å². The van der Waals surface area contributed by atoms with Crippen LogP contribution in [-0.2, 0) is 6.61 Å². The fourth-order valence-corrected chi connectivity index (χ4v) is 3.40. The highest BCUT2D eigenvalue weighted by molar-refractivity contribution is 5.46. The van der Waals surface area contributed by atoms with Crippen LogP contribution in [0, 0.1) is 11.8 Å². The Bertz CT molecular complexity index is 377. The van der Waals surface area contributed by atoms with E-state index < -0.39 is 0 Å². The minimum Gasteiger partial charge on any atom is -0.392 e. The van der Waals surface area contributed by atoms with Gasteiger partial charge in [-0.25, -0.2) is 0 Å². The second-order valence-electron chi connectivity index (χ2n) is 5.28. The standard InChI is InChI=1S/C14H19NO/c16-9-11-2-1-3-13(7-11)15-14-8-10-4-5-12(14)6-10/h1-3,7,10,12,14-16H,4-6,8-9H2. The zero-order valence-electron chi connectivity index (χ0n) is 9.52. The number of aliphatic hydroxyl groups is 1. The molecule has 2 N–H and O–H groups in total. The normalized spacial score (nSPS) is 31.9. The number of rotatable bonds is 3. The van der Waals surface area contributed by atoms with Crippen LogP contribution in [0.3, 0.4) is 0 Å². The molecule has 86 valence electrons. The van der Waals surface area contributed by atoms with Crippen molar-refractivity contribution in [2.45, 2.75) is 38.3 Å². The summed E-state index contributed by atoms with van der Waals surface area (Å²) in [5.74, 6) is 1.87. The minimum absolute atomic E-state index is 0.131. The van der Waals surface area contributed by atoms with Gasteiger partial charge in [0.1, 0.15) is 0 Å². The molecular weight excluding hydrogens is 198 g/mol. The van der Waals surface area contributed by atoms with Gasteiger partial charge < -0.3 is 10.4 Å². The second-order valence-corrected chi connectivity index (χ2v) is 5.28. The van der Waals surface area contributed by atoms with E-state index in [2.05, 4.69) is 17.4 Å². The van der Waals surface area contributed by atoms with Gasteiger partial charge in [0.2, 0.25) is 0 Å². The van der Waals surface area contributed by atoms with Crippen molar-refractivity contribution in [3.63, 3.8) is 0 Å². The number of aliphatic hydroxyl groups excluding tert-OH is 1. The molecule has 0 radical (unpaired) electrons. The maximum absolute atomic E-state index is 9.10. The molecule has 2 fully saturated rings. The third kappa shape index (κ3) is 1.82. The largest absolute Gasteiger partial charge is 0.392 e. The van der Waals surface area contributed by atoms with Crippen LogP contribution in [0.15, 0.2) is 24.3 Å². The quantitative estimate of drug-likeness (QED) is 0.816. The number of hydrogen-bond donors (Lipinski definition) is 2. The van der Waals surface area contributed by atoms with Gasteiger partial charge in [0.05, 0.1) is 6.61 Å². The molecule has 2 aliphatic carbocycles. The molecule has 0 saturated heterocycles. The predicted molar refractivity (Wildman–Crippen MR) is 65.2 cm³/mol. The fourth-order valence-electron chi connectivity index (χ4n) is 3.40. The van der Waals surface area contributed by atoms with Crippen LogP contribution in [0.1, 0.15) is 31.2 Å². The lowest BCUT2D eigenvalue weighted by Gasteiger charge is -2.24. The highest BCUT2D eigenvalue weighted by atomic mass is 16.3. The molecule has 2 heteroatoms. The molecule has 2 nitrogen and oxygen atoms in total. The van der Waals surface area contributed by atoms with E-state index in [9.17, 15) is 0 Å². The van der Waals surface area contributed by atoms with Crippen LogP contribution in [0.5, 0.6) is 0 Å². The summed E-state index contributed by atoms with van der Waals surface area (Å²) in [6.45, 7) is 0.131. The van der Waals surface area contributed by atoms with Gasteiger partial charge >= 0.3 is 0 Å². The van der Waals surface area contributed by atoms with E-state index in [0.717, 1.165) is 17.4 Å². The monoisotopic (exact) mass is 217 g/mol. The number of benzene rings is 1. The van der Waals surface area contributed by atoms with E-state index in [-0.39, 0.29) is 6.61 Å². The van der Waals surface area contributed by atoms with Crippen LogP contribution in [0.2, 0.25) is 0 Å². The van der Waals surface area contributed by atoms with Gasteiger partial charge in [0.25, 0.3) is 0 Å². The van der Waals surface area contributed by atoms with Gasteiger partial charge in [0.15, 0.2) is 0 Å². The first-order valence-corrected chi connectivity index (χ1v) is 6.31. The molecule has 2 saturated carbocycles. The molecule has 1 aromatic rings. The summed E-state index contributed by atoms with van der Waals surface area (Å²) in [4.78, 5) is 0. The lowest BCUT2D eigenvalue weighted by atomic mass is 9.95. The highest BCUT2D eigenvalue weighted by Gasteiger charge is 2.39. The summed E-state index contributed by atoms with van der Waals surface area (Å²) in [5, 5.41) is 12.7. The third-order valence-corrected chi connectivity index (χ3v) is 4.20. The molecule has 2 aliphatic rings. The number of hydrogen-bond acceptors (Lipinski definition) is 2. The molecule has 0 amide bonds. The maximum atomic E-state index is 9.10. The molecule has 0 heterocycles. The Labute approximate surface area is 96.7 Å². The molecule has 0 aromatic heterocycles. The summed E-state index contributed by atoms with van der Waals surface area (Å²) >= 11 is 0. The van der Waals surface area contributed by atoms with Crippen molar-refractivity contribution >= 4 is 5.69 Å². The summed E-state index contributed by atoms with van der Waals surface area (Å²) in [5.41, 5.74) is 2.16. The Morgan fingerprint density at radius 3 is 2.88 bits per heavy atom. The summed E-state index contributed by atoms with van der Waals surface area (Å²) in [7, 11) is 0. The lowest BCUT2D eigenvalue weighted by Crippen LogP contribution is -2.25. The number of fused-ring (bicyclic) bond motifs is 2. The zero-order valence-corrected chi connectivity index (χ0v) is 9.52. The minimum atomic E-state index is 0.131. The van der Waals surface area contributed by atoms with Gasteiger partial charge in [-0.05, 0) is 48.8 Å². The smallest absolute Gasteiger partial charge is 0.0682 e. The van der Waals surface area contributed by atoms with Crippen molar-refractivity contribution in [2.75, 3.05) is 5.32 Å². The van der Waals surface area contributed by atoms with Crippen LogP contribution in [-0.4, -0.2) is 11.1 Å². The average Bonchev–Trinajstić information content (AvgIpc) is 2.91. The third-order valence-electron chi connectivity index (χ3n) is 4.20. The molecular formula is C14H19NO. The highest BCUT2D eigenvalue weighted by Crippen LogP contribution is 2.45. The number of anilines is 1. The van der Waals surface area contributed by atoms with Crippen LogP contribution in [0.4, 0.5) is 5.69 Å². The Morgan fingerprint density at radius 2 is 2.19 bits per heavy atom. The van der Waals surface area contributed by atoms with E-state index in [0.29, 0.717) is 6.04 Å². The van der Waals surface area contributed by atoms with Crippen molar-refractivity contribution < 1.29 is 5.11 Å². The van der Waals surface area contributed by atoms with Crippen molar-refractivity contribution in [3.8, 4) is 0 Å². The SMILES string of the molecule is OCc1cccc(NC2CC3CCC2C3)c1. The summed E-state index contributed by atoms with van der Waals surface area (Å²) in [6.07, 6.45) is 5.62. The summed E-state index contributed by atoms with van der Waals surface area (Å²) in [6, 6.07) is 8.82. The Hall–Kier alpha value is -1.02. The fraction of sp³-hybridized carbons (Fsp3) is 0.571. The van der Waals surface area contributed by atoms with Crippen LogP contribution >= 0.6 is 0 Å². The van der Waals surface area contributed by atoms with Gasteiger partial charge in [-0.2, -0.15) is 0 Å². The van der Waals surface area contributed by atoms with E-state index in [4.69, 9.17) is 5.11 Å². The van der Waals surface area contributed by atoms with Gasteiger partial charge in [0, 0.05) is 11.7 Å². The van der Waals surface area contributed by atoms with Gasteiger partial charge in [-0.15, -0.1) is 0 Å². The Kier molecular flexibility index (Phi) is 2.60. The first-order chi connectivity index (χ1) is 7.85. The van der Waals surface area contributed by atoms with E-state index in [1.807, 2.05) is 12.1 Å². The Balaban J connectivity index is 1.69. The van der Waals surface area contributed by atoms with Crippen molar-refractivity contribution in [2.24, 2.45) is 11.8 Å². The first-order valence-electron chi connectivity index (χ1n) is 6.31. The summed E-state index contributed by atoms with van der Waals surface area (Å²) < 4.78 is 0. The molecule has 0 aliphatic heterocycles. The van der Waals surface area contributed by atoms with Crippen molar-refractivity contribution in [1.82, 2.24) is 0 Å².